The third-order valence-electron chi connectivity index (χ3n) is 6.46. The van der Waals surface area contributed by atoms with Crippen LogP contribution in [0.25, 0.3) is 11.0 Å². The first-order valence-electron chi connectivity index (χ1n) is 11.5. The number of hydrogen-bond donors (Lipinski definition) is 2. The van der Waals surface area contributed by atoms with E-state index in [4.69, 9.17) is 8.83 Å². The first kappa shape index (κ1) is 20.2. The van der Waals surface area contributed by atoms with Crippen LogP contribution in [0.3, 0.4) is 0 Å². The molecule has 3 aromatic heterocycles. The fourth-order valence-electron chi connectivity index (χ4n) is 4.63. The second kappa shape index (κ2) is 7.31. The van der Waals surface area contributed by atoms with Crippen molar-refractivity contribution in [3.05, 3.63) is 71.2 Å². The summed E-state index contributed by atoms with van der Waals surface area (Å²) in [7, 11) is 0. The molecule has 170 valence electrons. The summed E-state index contributed by atoms with van der Waals surface area (Å²) >= 11 is 0. The lowest BCUT2D eigenvalue weighted by Gasteiger charge is -2.27. The summed E-state index contributed by atoms with van der Waals surface area (Å²) in [6.45, 7) is 3.75. The molecule has 8 nitrogen and oxygen atoms in total. The van der Waals surface area contributed by atoms with E-state index in [-0.39, 0.29) is 23.5 Å². The van der Waals surface area contributed by atoms with Gasteiger partial charge in [0.15, 0.2) is 0 Å². The molecular formula is C25H26N4O4. The fraction of sp³-hybridized carbons (Fsp3) is 0.400. The van der Waals surface area contributed by atoms with Gasteiger partial charge in [-0.3, -0.25) is 4.79 Å². The van der Waals surface area contributed by atoms with E-state index in [9.17, 15) is 9.90 Å². The topological polar surface area (TPSA) is 108 Å². The molecular weight excluding hydrogens is 420 g/mol. The largest absolute Gasteiger partial charge is 0.458 e. The zero-order valence-electron chi connectivity index (χ0n) is 18.7. The van der Waals surface area contributed by atoms with Gasteiger partial charge >= 0.3 is 0 Å². The number of nitrogens with one attached hydrogen (secondary N) is 1. The van der Waals surface area contributed by atoms with Crippen molar-refractivity contribution in [1.82, 2.24) is 19.9 Å². The lowest BCUT2D eigenvalue weighted by Crippen LogP contribution is -2.36. The number of rotatable bonds is 4. The fourth-order valence-corrected chi connectivity index (χ4v) is 4.63. The van der Waals surface area contributed by atoms with Crippen LogP contribution < -0.4 is 0 Å². The number of amides is 1. The lowest BCUT2D eigenvalue weighted by molar-refractivity contribution is 0.0441. The molecule has 2 aliphatic rings. The average Bonchev–Trinajstić information content (AvgIpc) is 3.20. The molecule has 1 fully saturated rings. The second-order valence-electron chi connectivity index (χ2n) is 9.52. The van der Waals surface area contributed by atoms with E-state index in [1.807, 2.05) is 30.3 Å². The van der Waals surface area contributed by atoms with Gasteiger partial charge in [0.25, 0.3) is 5.91 Å². The van der Waals surface area contributed by atoms with E-state index in [0.29, 0.717) is 18.0 Å². The molecule has 1 aromatic carbocycles. The van der Waals surface area contributed by atoms with Crippen LogP contribution in [0.2, 0.25) is 0 Å². The zero-order chi connectivity index (χ0) is 22.7. The summed E-state index contributed by atoms with van der Waals surface area (Å²) in [5.74, 6) is 0.996. The highest BCUT2D eigenvalue weighted by Crippen LogP contribution is 2.44. The summed E-state index contributed by atoms with van der Waals surface area (Å²) in [6.07, 6.45) is 5.17. The van der Waals surface area contributed by atoms with Crippen LogP contribution in [0, 0.1) is 0 Å². The van der Waals surface area contributed by atoms with Crippen molar-refractivity contribution >= 4 is 16.9 Å². The van der Waals surface area contributed by atoms with Gasteiger partial charge < -0.3 is 23.8 Å². The van der Waals surface area contributed by atoms with Gasteiger partial charge in [-0.15, -0.1) is 0 Å². The Morgan fingerprint density at radius 1 is 1.21 bits per heavy atom. The van der Waals surface area contributed by atoms with Crippen molar-refractivity contribution in [2.75, 3.05) is 6.54 Å². The van der Waals surface area contributed by atoms with Crippen LogP contribution in [-0.2, 0) is 12.0 Å². The molecule has 0 saturated heterocycles. The van der Waals surface area contributed by atoms with Crippen LogP contribution in [-0.4, -0.2) is 37.4 Å². The van der Waals surface area contributed by atoms with Crippen LogP contribution in [0.5, 0.6) is 0 Å². The first-order chi connectivity index (χ1) is 15.9. The number of carbonyl (C=O) groups excluding carboxylic acids is 1. The average molecular weight is 447 g/mol. The molecule has 1 aliphatic heterocycles. The summed E-state index contributed by atoms with van der Waals surface area (Å²) in [5, 5.41) is 11.4. The maximum Gasteiger partial charge on any atom is 0.292 e. The van der Waals surface area contributed by atoms with Crippen LogP contribution in [0.4, 0.5) is 0 Å². The van der Waals surface area contributed by atoms with Gasteiger partial charge in [0.05, 0.1) is 17.7 Å². The zero-order valence-corrected chi connectivity index (χ0v) is 18.7. The van der Waals surface area contributed by atoms with E-state index in [2.05, 4.69) is 15.0 Å². The maximum atomic E-state index is 14.0. The van der Waals surface area contributed by atoms with Crippen LogP contribution >= 0.6 is 0 Å². The minimum absolute atomic E-state index is 0.170. The van der Waals surface area contributed by atoms with Gasteiger partial charge in [-0.1, -0.05) is 18.2 Å². The number of carbonyl (C=O) groups is 1. The van der Waals surface area contributed by atoms with E-state index in [1.54, 1.807) is 25.1 Å². The molecule has 0 bridgehead atoms. The first-order valence-corrected chi connectivity index (χ1v) is 11.5. The van der Waals surface area contributed by atoms with Gasteiger partial charge in [-0.25, -0.2) is 9.97 Å². The molecule has 4 aromatic rings. The summed E-state index contributed by atoms with van der Waals surface area (Å²) < 4.78 is 12.2. The maximum absolute atomic E-state index is 14.0. The Morgan fingerprint density at radius 2 is 2.03 bits per heavy atom. The molecule has 33 heavy (non-hydrogen) atoms. The molecule has 8 heteroatoms. The van der Waals surface area contributed by atoms with Gasteiger partial charge in [-0.2, -0.15) is 0 Å². The Bertz CT molecular complexity index is 1300. The number of hydrogen-bond acceptors (Lipinski definition) is 6. The highest BCUT2D eigenvalue weighted by molar-refractivity contribution is 5.93. The van der Waals surface area contributed by atoms with Crippen molar-refractivity contribution in [1.29, 1.82) is 0 Å². The molecule has 1 atom stereocenters. The van der Waals surface area contributed by atoms with Crippen molar-refractivity contribution in [3.63, 3.8) is 0 Å². The number of fused-ring (bicyclic) bond motifs is 2. The Hall–Kier alpha value is -3.39. The van der Waals surface area contributed by atoms with Crippen LogP contribution in [0.15, 0.2) is 45.5 Å². The number of aromatic amines is 1. The third kappa shape index (κ3) is 3.45. The minimum atomic E-state index is -1.27. The number of aliphatic hydroxyl groups is 1. The van der Waals surface area contributed by atoms with Crippen molar-refractivity contribution in [2.45, 2.75) is 57.1 Å². The van der Waals surface area contributed by atoms with Crippen LogP contribution in [0.1, 0.15) is 84.4 Å². The monoisotopic (exact) mass is 446 g/mol. The van der Waals surface area contributed by atoms with E-state index in [1.165, 1.54) is 0 Å². The number of benzene rings is 1. The molecule has 0 radical (unpaired) electrons. The molecule has 2 N–H and O–H groups in total. The van der Waals surface area contributed by atoms with Gasteiger partial charge in [-0.05, 0) is 51.7 Å². The second-order valence-corrected chi connectivity index (χ2v) is 9.52. The molecule has 6 rings (SSSR count). The number of aromatic nitrogens is 3. The standard InChI is InChI=1S/C25H26N4O4/c1-25(2,31)24-28-19(14-9-10-14)22(33-24)23(30)29-11-5-7-16-20(27-13-26-16)21(29)18-12-15-6-3-4-8-17(15)32-18/h3-4,6,8,12-14,21,31H,5,7,9-11H2,1-2H3,(H,26,27)/t21-/m0/s1. The number of H-pyrrole nitrogens is 1. The number of oxazole rings is 1. The summed E-state index contributed by atoms with van der Waals surface area (Å²) in [5.41, 5.74) is 1.94. The van der Waals surface area contributed by atoms with E-state index < -0.39 is 11.6 Å². The molecule has 0 unspecified atom stereocenters. The number of aryl methyl sites for hydroxylation is 1. The lowest BCUT2D eigenvalue weighted by atomic mass is 10.1. The molecule has 4 heterocycles. The Balaban J connectivity index is 1.47. The minimum Gasteiger partial charge on any atom is -0.458 e. The molecule has 1 amide bonds. The van der Waals surface area contributed by atoms with E-state index in [0.717, 1.165) is 48.0 Å². The highest BCUT2D eigenvalue weighted by atomic mass is 16.4. The normalized spacial score (nSPS) is 19.0. The Kier molecular flexibility index (Phi) is 4.48. The van der Waals surface area contributed by atoms with Crippen molar-refractivity contribution in [3.8, 4) is 0 Å². The molecule has 1 saturated carbocycles. The van der Waals surface area contributed by atoms with E-state index >= 15 is 0 Å². The predicted molar refractivity (Wildman–Crippen MR) is 120 cm³/mol. The number of para-hydroxylation sites is 1. The molecule has 0 spiro atoms. The Morgan fingerprint density at radius 3 is 2.79 bits per heavy atom. The Labute approximate surface area is 190 Å². The van der Waals surface area contributed by atoms with Crippen molar-refractivity contribution in [2.24, 2.45) is 0 Å². The summed E-state index contributed by atoms with van der Waals surface area (Å²) in [6, 6.07) is 9.30. The van der Waals surface area contributed by atoms with Gasteiger partial charge in [0.1, 0.15) is 23.0 Å². The summed E-state index contributed by atoms with van der Waals surface area (Å²) in [4.78, 5) is 28.2. The predicted octanol–water partition coefficient (Wildman–Crippen LogP) is 4.43. The number of nitrogens with zero attached hydrogens (tertiary/aromatic N) is 3. The molecule has 1 aliphatic carbocycles. The van der Waals surface area contributed by atoms with Gasteiger partial charge in [0, 0.05) is 23.5 Å². The quantitative estimate of drug-likeness (QED) is 0.480. The van der Waals surface area contributed by atoms with Crippen molar-refractivity contribution < 1.29 is 18.7 Å². The number of imidazole rings is 1. The number of furan rings is 1. The third-order valence-corrected chi connectivity index (χ3v) is 6.46. The van der Waals surface area contributed by atoms with Gasteiger partial charge in [0.2, 0.25) is 11.7 Å². The smallest absolute Gasteiger partial charge is 0.292 e. The highest BCUT2D eigenvalue weighted by Gasteiger charge is 2.41. The SMILES string of the molecule is CC(C)(O)c1nc(C2CC2)c(C(=O)N2CCCc3[nH]cnc3[C@@H]2c2cc3ccccc3o2)o1.